The van der Waals surface area contributed by atoms with Crippen molar-refractivity contribution in [3.8, 4) is 0 Å². The van der Waals surface area contributed by atoms with Gasteiger partial charge in [-0.05, 0) is 31.0 Å². The average Bonchev–Trinajstić information content (AvgIpc) is 2.70. The molecule has 1 heterocycles. The van der Waals surface area contributed by atoms with Crippen molar-refractivity contribution in [1.82, 2.24) is 9.62 Å². The summed E-state index contributed by atoms with van der Waals surface area (Å²) in [6.07, 6.45) is 2.94. The normalized spacial score (nSPS) is 15.2. The zero-order chi connectivity index (χ0) is 20.6. The van der Waals surface area contributed by atoms with Gasteiger partial charge in [0.15, 0.2) is 6.61 Å². The number of nitrogens with one attached hydrogen (secondary N) is 1. The molecular formula is C19H28N2O6S. The second kappa shape index (κ2) is 10.5. The Balaban J connectivity index is 2.02. The highest BCUT2D eigenvalue weighted by Crippen LogP contribution is 2.21. The highest BCUT2D eigenvalue weighted by Gasteiger charge is 2.27. The van der Waals surface area contributed by atoms with Crippen LogP contribution in [0.25, 0.3) is 0 Å². The van der Waals surface area contributed by atoms with Crippen LogP contribution < -0.4 is 5.32 Å². The van der Waals surface area contributed by atoms with Crippen molar-refractivity contribution in [3.05, 3.63) is 29.3 Å². The lowest BCUT2D eigenvalue weighted by molar-refractivity contribution is -0.124. The van der Waals surface area contributed by atoms with E-state index in [-0.39, 0.29) is 29.5 Å². The van der Waals surface area contributed by atoms with E-state index in [0.717, 1.165) is 19.3 Å². The number of carbonyl (C=O) groups is 2. The fourth-order valence-electron chi connectivity index (χ4n) is 2.78. The molecule has 1 aliphatic heterocycles. The number of esters is 1. The van der Waals surface area contributed by atoms with Gasteiger partial charge in [0.25, 0.3) is 5.91 Å². The van der Waals surface area contributed by atoms with Gasteiger partial charge in [-0.25, -0.2) is 13.2 Å². The topological polar surface area (TPSA) is 102 Å². The minimum Gasteiger partial charge on any atom is -0.452 e. The molecule has 28 heavy (non-hydrogen) atoms. The Morgan fingerprint density at radius 3 is 2.61 bits per heavy atom. The third-order valence-corrected chi connectivity index (χ3v) is 6.37. The number of nitrogens with zero attached hydrogens (tertiary/aromatic N) is 1. The van der Waals surface area contributed by atoms with Gasteiger partial charge in [0.05, 0.1) is 23.7 Å². The molecule has 1 saturated heterocycles. The fourth-order valence-corrected chi connectivity index (χ4v) is 4.21. The van der Waals surface area contributed by atoms with E-state index in [0.29, 0.717) is 25.3 Å². The van der Waals surface area contributed by atoms with Crippen LogP contribution in [0.4, 0.5) is 0 Å². The lowest BCUT2D eigenvalue weighted by Gasteiger charge is -2.26. The quantitative estimate of drug-likeness (QED) is 0.487. The number of morpholine rings is 1. The fraction of sp³-hybridized carbons (Fsp3) is 0.579. The van der Waals surface area contributed by atoms with Gasteiger partial charge in [-0.2, -0.15) is 4.31 Å². The molecule has 0 bridgehead atoms. The van der Waals surface area contributed by atoms with Gasteiger partial charge in [-0.1, -0.05) is 25.8 Å². The number of ether oxygens (including phenoxy) is 2. The highest BCUT2D eigenvalue weighted by atomic mass is 32.2. The van der Waals surface area contributed by atoms with Crippen molar-refractivity contribution in [2.75, 3.05) is 39.5 Å². The van der Waals surface area contributed by atoms with Crippen LogP contribution in [0, 0.1) is 6.92 Å². The van der Waals surface area contributed by atoms with E-state index in [4.69, 9.17) is 9.47 Å². The summed E-state index contributed by atoms with van der Waals surface area (Å²) >= 11 is 0. The Hall–Kier alpha value is -1.97. The lowest BCUT2D eigenvalue weighted by Crippen LogP contribution is -2.40. The zero-order valence-electron chi connectivity index (χ0n) is 16.4. The first kappa shape index (κ1) is 22.3. The number of benzene rings is 1. The van der Waals surface area contributed by atoms with Crippen molar-refractivity contribution in [3.63, 3.8) is 0 Å². The molecule has 0 saturated carbocycles. The van der Waals surface area contributed by atoms with Gasteiger partial charge < -0.3 is 14.8 Å². The predicted molar refractivity (Wildman–Crippen MR) is 104 cm³/mol. The summed E-state index contributed by atoms with van der Waals surface area (Å²) in [5.74, 6) is -1.10. The summed E-state index contributed by atoms with van der Waals surface area (Å²) < 4.78 is 37.1. The van der Waals surface area contributed by atoms with Crippen LogP contribution in [0.2, 0.25) is 0 Å². The first-order chi connectivity index (χ1) is 13.4. The number of unbranched alkanes of at least 4 members (excludes halogenated alkanes) is 2. The molecule has 0 spiro atoms. The van der Waals surface area contributed by atoms with E-state index in [1.165, 1.54) is 16.4 Å². The summed E-state index contributed by atoms with van der Waals surface area (Å²) in [6, 6.07) is 4.34. The molecule has 0 aromatic heterocycles. The van der Waals surface area contributed by atoms with Gasteiger partial charge >= 0.3 is 5.97 Å². The smallest absolute Gasteiger partial charge is 0.338 e. The first-order valence-electron chi connectivity index (χ1n) is 9.48. The molecule has 1 fully saturated rings. The molecule has 0 radical (unpaired) electrons. The lowest BCUT2D eigenvalue weighted by atomic mass is 10.1. The van der Waals surface area contributed by atoms with Crippen LogP contribution in [-0.2, 0) is 24.3 Å². The first-order valence-corrected chi connectivity index (χ1v) is 10.9. The molecular weight excluding hydrogens is 384 g/mol. The van der Waals surface area contributed by atoms with Crippen LogP contribution in [0.1, 0.15) is 42.1 Å². The van der Waals surface area contributed by atoms with E-state index < -0.39 is 22.6 Å². The van der Waals surface area contributed by atoms with Crippen LogP contribution in [-0.4, -0.2) is 64.1 Å². The molecule has 0 unspecified atom stereocenters. The third-order valence-electron chi connectivity index (χ3n) is 4.47. The van der Waals surface area contributed by atoms with Crippen molar-refractivity contribution in [2.24, 2.45) is 0 Å². The van der Waals surface area contributed by atoms with Crippen LogP contribution >= 0.6 is 0 Å². The summed E-state index contributed by atoms with van der Waals surface area (Å²) in [4.78, 5) is 24.2. The molecule has 1 aliphatic rings. The Bertz CT molecular complexity index is 788. The Labute approximate surface area is 166 Å². The second-order valence-electron chi connectivity index (χ2n) is 6.63. The number of amides is 1. The van der Waals surface area contributed by atoms with E-state index in [2.05, 4.69) is 12.2 Å². The van der Waals surface area contributed by atoms with Crippen molar-refractivity contribution in [1.29, 1.82) is 0 Å². The van der Waals surface area contributed by atoms with Crippen LogP contribution in [0.15, 0.2) is 23.1 Å². The molecule has 1 amide bonds. The molecule has 0 aliphatic carbocycles. The SMILES string of the molecule is CCCCCNC(=O)COC(=O)c1cc(S(=O)(=O)N2CCOCC2)ccc1C. The van der Waals surface area contributed by atoms with E-state index in [1.807, 2.05) is 0 Å². The van der Waals surface area contributed by atoms with Crippen molar-refractivity contribution >= 4 is 21.9 Å². The molecule has 156 valence electrons. The predicted octanol–water partition coefficient (Wildman–Crippen LogP) is 1.48. The van der Waals surface area contributed by atoms with Crippen LogP contribution in [0.3, 0.4) is 0 Å². The van der Waals surface area contributed by atoms with Gasteiger partial charge in [0, 0.05) is 19.6 Å². The van der Waals surface area contributed by atoms with Crippen molar-refractivity contribution < 1.29 is 27.5 Å². The largest absolute Gasteiger partial charge is 0.452 e. The standard InChI is InChI=1S/C19H28N2O6S/c1-3-4-5-8-20-18(22)14-27-19(23)17-13-16(7-6-15(17)2)28(24,25)21-9-11-26-12-10-21/h6-7,13H,3-5,8-12,14H2,1-2H3,(H,20,22). The number of hydrogen-bond donors (Lipinski definition) is 1. The second-order valence-corrected chi connectivity index (χ2v) is 8.56. The van der Waals surface area contributed by atoms with E-state index in [1.54, 1.807) is 13.0 Å². The molecule has 1 aromatic carbocycles. The molecule has 0 atom stereocenters. The molecule has 1 aromatic rings. The zero-order valence-corrected chi connectivity index (χ0v) is 17.2. The summed E-state index contributed by atoms with van der Waals surface area (Å²) in [5.41, 5.74) is 0.711. The van der Waals surface area contributed by atoms with Gasteiger partial charge in [-0.3, -0.25) is 4.79 Å². The molecule has 2 rings (SSSR count). The molecule has 9 heteroatoms. The average molecular weight is 413 g/mol. The van der Waals surface area contributed by atoms with Gasteiger partial charge in [0.1, 0.15) is 0 Å². The number of sulfonamides is 1. The monoisotopic (exact) mass is 412 g/mol. The highest BCUT2D eigenvalue weighted by molar-refractivity contribution is 7.89. The minimum atomic E-state index is -3.72. The Morgan fingerprint density at radius 2 is 1.93 bits per heavy atom. The number of aryl methyl sites for hydroxylation is 1. The maximum atomic E-state index is 12.8. The number of hydrogen-bond acceptors (Lipinski definition) is 6. The van der Waals surface area contributed by atoms with Crippen LogP contribution in [0.5, 0.6) is 0 Å². The van der Waals surface area contributed by atoms with Gasteiger partial charge in [-0.15, -0.1) is 0 Å². The molecule has 8 nitrogen and oxygen atoms in total. The summed E-state index contributed by atoms with van der Waals surface area (Å²) in [5, 5.41) is 2.69. The molecule has 1 N–H and O–H groups in total. The van der Waals surface area contributed by atoms with E-state index in [9.17, 15) is 18.0 Å². The Kier molecular flexibility index (Phi) is 8.40. The van der Waals surface area contributed by atoms with Gasteiger partial charge in [0.2, 0.25) is 10.0 Å². The minimum absolute atomic E-state index is 0.0240. The van der Waals surface area contributed by atoms with Crippen molar-refractivity contribution in [2.45, 2.75) is 38.0 Å². The Morgan fingerprint density at radius 1 is 1.21 bits per heavy atom. The maximum absolute atomic E-state index is 12.8. The number of rotatable bonds is 9. The third kappa shape index (κ3) is 6.02. The van der Waals surface area contributed by atoms with E-state index >= 15 is 0 Å². The maximum Gasteiger partial charge on any atom is 0.338 e. The summed E-state index contributed by atoms with van der Waals surface area (Å²) in [7, 11) is -3.72. The summed E-state index contributed by atoms with van der Waals surface area (Å²) in [6.45, 7) is 5.12. The number of carbonyl (C=O) groups excluding carboxylic acids is 2.